The lowest BCUT2D eigenvalue weighted by Crippen LogP contribution is -1.93. The molecule has 0 nitrogen and oxygen atoms in total. The first-order valence-corrected chi connectivity index (χ1v) is 8.74. The Balaban J connectivity index is 3.13. The number of hydrogen-bond acceptors (Lipinski definition) is 0. The van der Waals surface area contributed by atoms with Crippen LogP contribution in [0.25, 0.3) is 0 Å². The molecule has 0 fully saturated rings. The van der Waals surface area contributed by atoms with E-state index in [1.807, 2.05) is 0 Å². The maximum absolute atomic E-state index is 2.41. The van der Waals surface area contributed by atoms with E-state index in [9.17, 15) is 0 Å². The molecule has 0 spiro atoms. The zero-order valence-corrected chi connectivity index (χ0v) is 13.8. The van der Waals surface area contributed by atoms with E-state index < -0.39 is 0 Å². The van der Waals surface area contributed by atoms with Crippen LogP contribution < -0.4 is 0 Å². The molecule has 0 heteroatoms. The molecule has 0 saturated heterocycles. The smallest absolute Gasteiger partial charge is 0.0351 e. The van der Waals surface area contributed by atoms with Crippen LogP contribution >= 0.6 is 0 Å². The van der Waals surface area contributed by atoms with Crippen molar-refractivity contribution in [2.45, 2.75) is 97.8 Å². The predicted molar refractivity (Wildman–Crippen MR) is 89.4 cm³/mol. The monoisotopic (exact) mass is 265 g/mol. The van der Waals surface area contributed by atoms with Crippen molar-refractivity contribution in [3.63, 3.8) is 0 Å². The van der Waals surface area contributed by atoms with Gasteiger partial charge < -0.3 is 0 Å². The van der Waals surface area contributed by atoms with Crippen LogP contribution in [0.15, 0.2) is 12.2 Å². The lowest BCUT2D eigenvalue weighted by atomic mass is 9.98. The molecule has 0 heterocycles. The molecule has 19 heavy (non-hydrogen) atoms. The van der Waals surface area contributed by atoms with E-state index in [1.165, 1.54) is 77.0 Å². The minimum absolute atomic E-state index is 0.886. The van der Waals surface area contributed by atoms with Crippen molar-refractivity contribution < 1.29 is 0 Å². The van der Waals surface area contributed by atoms with E-state index >= 15 is 0 Å². The van der Waals surface area contributed by atoms with Crippen LogP contribution in [0, 0.1) is 12.3 Å². The number of hydrogen-bond donors (Lipinski definition) is 0. The van der Waals surface area contributed by atoms with Gasteiger partial charge in [0.2, 0.25) is 0 Å². The van der Waals surface area contributed by atoms with E-state index in [0.717, 1.165) is 5.92 Å². The van der Waals surface area contributed by atoms with Crippen LogP contribution in [0.1, 0.15) is 97.8 Å². The number of allylic oxidation sites excluding steroid dienone is 2. The third kappa shape index (κ3) is 15.7. The zero-order valence-electron chi connectivity index (χ0n) is 13.8. The molecule has 0 aliphatic carbocycles. The molecule has 0 saturated carbocycles. The Hall–Kier alpha value is -0.260. The predicted octanol–water partition coefficient (Wildman–Crippen LogP) is 7.10. The number of rotatable bonds is 14. The van der Waals surface area contributed by atoms with Gasteiger partial charge in [-0.1, -0.05) is 77.9 Å². The topological polar surface area (TPSA) is 0 Å². The van der Waals surface area contributed by atoms with Crippen molar-refractivity contribution in [3.05, 3.63) is 18.6 Å². The normalized spacial score (nSPS) is 13.2. The average molecular weight is 266 g/mol. The Bertz CT molecular complexity index is 180. The lowest BCUT2D eigenvalue weighted by molar-refractivity contribution is 0.493. The standard InChI is InChI=1S/C19H37/c1-4-6-7-8-9-10-11-12-13-14-15-16-18-19(3)17-5-2/h5,12-13,19H,4,6-11,14-18H2,1-3H3. The summed E-state index contributed by atoms with van der Waals surface area (Å²) in [6.45, 7) is 6.82. The second-order valence-electron chi connectivity index (χ2n) is 6.06. The molecule has 0 N–H and O–H groups in total. The van der Waals surface area contributed by atoms with Gasteiger partial charge in [0.1, 0.15) is 0 Å². The summed E-state index contributed by atoms with van der Waals surface area (Å²) in [7, 11) is 0. The van der Waals surface area contributed by atoms with Crippen LogP contribution in [-0.2, 0) is 0 Å². The second-order valence-corrected chi connectivity index (χ2v) is 6.06. The summed E-state index contributed by atoms with van der Waals surface area (Å²) < 4.78 is 0. The van der Waals surface area contributed by atoms with E-state index in [2.05, 4.69) is 39.3 Å². The summed E-state index contributed by atoms with van der Waals surface area (Å²) in [5, 5.41) is 0. The highest BCUT2D eigenvalue weighted by Crippen LogP contribution is 2.14. The molecule has 0 amide bonds. The maximum Gasteiger partial charge on any atom is -0.0351 e. The van der Waals surface area contributed by atoms with Crippen molar-refractivity contribution in [2.75, 3.05) is 0 Å². The maximum atomic E-state index is 2.41. The van der Waals surface area contributed by atoms with Crippen LogP contribution in [0.4, 0.5) is 0 Å². The highest BCUT2D eigenvalue weighted by atomic mass is 14.0. The van der Waals surface area contributed by atoms with Crippen molar-refractivity contribution in [3.8, 4) is 0 Å². The molecule has 1 unspecified atom stereocenters. The van der Waals surface area contributed by atoms with E-state index in [4.69, 9.17) is 0 Å². The second kappa shape index (κ2) is 15.8. The molecule has 0 bridgehead atoms. The van der Waals surface area contributed by atoms with Gasteiger partial charge in [-0.3, -0.25) is 0 Å². The fourth-order valence-electron chi connectivity index (χ4n) is 2.55. The van der Waals surface area contributed by atoms with Gasteiger partial charge in [-0.15, -0.1) is 0 Å². The van der Waals surface area contributed by atoms with Gasteiger partial charge in [0.05, 0.1) is 0 Å². The minimum Gasteiger partial charge on any atom is -0.0885 e. The van der Waals surface area contributed by atoms with Crippen LogP contribution in [0.5, 0.6) is 0 Å². The highest BCUT2D eigenvalue weighted by molar-refractivity contribution is 4.81. The summed E-state index contributed by atoms with van der Waals surface area (Å²) in [6, 6.07) is 0. The van der Waals surface area contributed by atoms with Crippen molar-refractivity contribution in [1.82, 2.24) is 0 Å². The van der Waals surface area contributed by atoms with Gasteiger partial charge in [0.25, 0.3) is 0 Å². The molecular formula is C19H37. The lowest BCUT2D eigenvalue weighted by Gasteiger charge is -2.08. The fraction of sp³-hybridized carbons (Fsp3) is 0.842. The van der Waals surface area contributed by atoms with E-state index in [-0.39, 0.29) is 0 Å². The Morgan fingerprint density at radius 1 is 0.789 bits per heavy atom. The first-order valence-electron chi connectivity index (χ1n) is 8.74. The molecule has 0 aromatic carbocycles. The summed E-state index contributed by atoms with van der Waals surface area (Å²) in [4.78, 5) is 0. The molecule has 0 rings (SSSR count). The summed E-state index contributed by atoms with van der Waals surface area (Å²) in [5.74, 6) is 0.886. The molecular weight excluding hydrogens is 228 g/mol. The van der Waals surface area contributed by atoms with Crippen molar-refractivity contribution in [1.29, 1.82) is 0 Å². The first kappa shape index (κ1) is 18.7. The molecule has 1 atom stereocenters. The largest absolute Gasteiger partial charge is 0.0885 e. The summed E-state index contributed by atoms with van der Waals surface area (Å²) in [6.07, 6.45) is 23.6. The molecule has 0 aliphatic heterocycles. The summed E-state index contributed by atoms with van der Waals surface area (Å²) >= 11 is 0. The van der Waals surface area contributed by atoms with Crippen LogP contribution in [0.2, 0.25) is 0 Å². The Morgan fingerprint density at radius 2 is 1.37 bits per heavy atom. The third-order valence-corrected chi connectivity index (χ3v) is 3.85. The van der Waals surface area contributed by atoms with Gasteiger partial charge in [-0.25, -0.2) is 0 Å². The molecule has 0 aliphatic rings. The fourth-order valence-corrected chi connectivity index (χ4v) is 2.55. The quantitative estimate of drug-likeness (QED) is 0.232. The van der Waals surface area contributed by atoms with Gasteiger partial charge in [0.15, 0.2) is 0 Å². The highest BCUT2D eigenvalue weighted by Gasteiger charge is 1.99. The van der Waals surface area contributed by atoms with Gasteiger partial charge in [-0.05, 0) is 44.4 Å². The molecule has 1 radical (unpaired) electrons. The van der Waals surface area contributed by atoms with Crippen molar-refractivity contribution >= 4 is 0 Å². The Labute approximate surface area is 123 Å². The van der Waals surface area contributed by atoms with E-state index in [0.29, 0.717) is 0 Å². The molecule has 0 aromatic heterocycles. The SMILES string of the molecule is C[CH]CC(C)CCCCC=CCCCCCCCC. The Kier molecular flexibility index (Phi) is 15.6. The van der Waals surface area contributed by atoms with Crippen LogP contribution in [0.3, 0.4) is 0 Å². The van der Waals surface area contributed by atoms with Gasteiger partial charge >= 0.3 is 0 Å². The molecule has 113 valence electrons. The first-order chi connectivity index (χ1) is 9.31. The number of unbranched alkanes of at least 4 members (excludes halogenated alkanes) is 8. The zero-order chi connectivity index (χ0) is 14.2. The average Bonchev–Trinajstić information content (AvgIpc) is 2.40. The van der Waals surface area contributed by atoms with Crippen LogP contribution in [-0.4, -0.2) is 0 Å². The minimum atomic E-state index is 0.886. The van der Waals surface area contributed by atoms with Gasteiger partial charge in [-0.2, -0.15) is 0 Å². The third-order valence-electron chi connectivity index (χ3n) is 3.85. The van der Waals surface area contributed by atoms with E-state index in [1.54, 1.807) is 0 Å². The molecule has 0 aromatic rings. The summed E-state index contributed by atoms with van der Waals surface area (Å²) in [5.41, 5.74) is 0. The Morgan fingerprint density at radius 3 is 2.00 bits per heavy atom. The van der Waals surface area contributed by atoms with Crippen molar-refractivity contribution in [2.24, 2.45) is 5.92 Å². The van der Waals surface area contributed by atoms with Gasteiger partial charge in [0, 0.05) is 0 Å².